The largest absolute Gasteiger partial charge is 0.376 e. The molecule has 0 aliphatic rings. The van der Waals surface area contributed by atoms with Crippen molar-refractivity contribution < 1.29 is 9.18 Å². The molecule has 1 aromatic carbocycles. The first kappa shape index (κ1) is 17.3. The molecule has 0 aliphatic heterocycles. The summed E-state index contributed by atoms with van der Waals surface area (Å²) in [4.78, 5) is 12.4. The third kappa shape index (κ3) is 4.64. The Morgan fingerprint density at radius 3 is 2.67 bits per heavy atom. The molecule has 0 spiro atoms. The molecule has 0 fully saturated rings. The van der Waals surface area contributed by atoms with Gasteiger partial charge in [0.05, 0.1) is 12.6 Å². The molecule has 6 heteroatoms. The second-order valence-corrected chi connectivity index (χ2v) is 6.07. The smallest absolute Gasteiger partial charge is 0.240 e. The van der Waals surface area contributed by atoms with Gasteiger partial charge in [-0.25, -0.2) is 4.39 Å². The van der Waals surface area contributed by atoms with E-state index < -0.39 is 5.54 Å². The molecule has 0 radical (unpaired) electrons. The fourth-order valence-corrected chi connectivity index (χ4v) is 2.05. The number of hydrogen-bond donors (Lipinski definition) is 2. The van der Waals surface area contributed by atoms with Crippen molar-refractivity contribution >= 4 is 23.4 Å². The Morgan fingerprint density at radius 1 is 1.52 bits per heavy atom. The summed E-state index contributed by atoms with van der Waals surface area (Å²) >= 11 is 1.32. The van der Waals surface area contributed by atoms with Gasteiger partial charge in [-0.3, -0.25) is 4.79 Å². The molecule has 0 saturated heterocycles. The summed E-state index contributed by atoms with van der Waals surface area (Å²) in [5.41, 5.74) is -0.379. The van der Waals surface area contributed by atoms with Gasteiger partial charge in [0.1, 0.15) is 11.4 Å². The third-order valence-electron chi connectivity index (χ3n) is 3.39. The van der Waals surface area contributed by atoms with E-state index in [1.165, 1.54) is 17.8 Å². The number of amides is 1. The highest BCUT2D eigenvalue weighted by Gasteiger charge is 2.29. The molecule has 114 valence electrons. The first-order valence-electron chi connectivity index (χ1n) is 6.62. The van der Waals surface area contributed by atoms with Gasteiger partial charge in [-0.15, -0.1) is 11.8 Å². The van der Waals surface area contributed by atoms with Crippen molar-refractivity contribution in [2.24, 2.45) is 5.92 Å². The number of thioether (sulfide) groups is 1. The van der Waals surface area contributed by atoms with Crippen molar-refractivity contribution in [3.63, 3.8) is 0 Å². The van der Waals surface area contributed by atoms with Gasteiger partial charge in [0.15, 0.2) is 0 Å². The Labute approximate surface area is 129 Å². The van der Waals surface area contributed by atoms with E-state index in [9.17, 15) is 9.18 Å². The average Bonchev–Trinajstić information content (AvgIpc) is 2.44. The van der Waals surface area contributed by atoms with Crippen LogP contribution in [0.25, 0.3) is 0 Å². The molecule has 0 bridgehead atoms. The Bertz CT molecular complexity index is 556. The van der Waals surface area contributed by atoms with Gasteiger partial charge in [-0.05, 0) is 37.3 Å². The molecular formula is C15H20FN3OS. The van der Waals surface area contributed by atoms with Gasteiger partial charge >= 0.3 is 0 Å². The summed E-state index contributed by atoms with van der Waals surface area (Å²) in [7, 11) is 0. The Hall–Kier alpha value is -1.74. The van der Waals surface area contributed by atoms with Crippen LogP contribution < -0.4 is 10.6 Å². The fourth-order valence-electron chi connectivity index (χ4n) is 1.59. The van der Waals surface area contributed by atoms with E-state index in [1.54, 1.807) is 25.3 Å². The van der Waals surface area contributed by atoms with Gasteiger partial charge in [0.2, 0.25) is 5.91 Å². The standard InChI is InChI=1S/C15H20FN3OS/c1-10(2)15(3,9-17)19-14(20)8-18-11-5-6-13(21-4)12(16)7-11/h5-7,10,18H,8H2,1-4H3,(H,19,20). The number of nitriles is 1. The Balaban J connectivity index is 2.62. The van der Waals surface area contributed by atoms with Crippen LogP contribution in [0.15, 0.2) is 23.1 Å². The highest BCUT2D eigenvalue weighted by molar-refractivity contribution is 7.98. The molecule has 2 N–H and O–H groups in total. The van der Waals surface area contributed by atoms with E-state index in [0.717, 1.165) is 0 Å². The number of rotatable bonds is 6. The molecule has 1 atom stereocenters. The van der Waals surface area contributed by atoms with Crippen molar-refractivity contribution in [3.05, 3.63) is 24.0 Å². The molecule has 0 heterocycles. The predicted molar refractivity (Wildman–Crippen MR) is 83.7 cm³/mol. The zero-order valence-electron chi connectivity index (χ0n) is 12.7. The second kappa shape index (κ2) is 7.32. The van der Waals surface area contributed by atoms with Crippen molar-refractivity contribution in [3.8, 4) is 6.07 Å². The summed E-state index contributed by atoms with van der Waals surface area (Å²) in [6.07, 6.45) is 1.80. The zero-order valence-corrected chi connectivity index (χ0v) is 13.5. The molecule has 0 saturated carbocycles. The summed E-state index contributed by atoms with van der Waals surface area (Å²) in [5, 5.41) is 14.7. The quantitative estimate of drug-likeness (QED) is 0.793. The lowest BCUT2D eigenvalue weighted by Crippen LogP contribution is -2.50. The fraction of sp³-hybridized carbons (Fsp3) is 0.467. The lowest BCUT2D eigenvalue weighted by molar-refractivity contribution is -0.121. The van der Waals surface area contributed by atoms with E-state index in [0.29, 0.717) is 10.6 Å². The summed E-state index contributed by atoms with van der Waals surface area (Å²) in [6, 6.07) is 6.84. The van der Waals surface area contributed by atoms with E-state index in [2.05, 4.69) is 16.7 Å². The van der Waals surface area contributed by atoms with Crippen LogP contribution in [0.3, 0.4) is 0 Å². The first-order chi connectivity index (χ1) is 9.82. The third-order valence-corrected chi connectivity index (χ3v) is 4.16. The number of nitrogens with one attached hydrogen (secondary N) is 2. The number of hydrogen-bond acceptors (Lipinski definition) is 4. The normalized spacial score (nSPS) is 13.4. The van der Waals surface area contributed by atoms with Gasteiger partial charge in [0.25, 0.3) is 0 Å². The summed E-state index contributed by atoms with van der Waals surface area (Å²) < 4.78 is 13.6. The average molecular weight is 309 g/mol. The van der Waals surface area contributed by atoms with Crippen LogP contribution in [0.4, 0.5) is 10.1 Å². The number of benzene rings is 1. The minimum atomic E-state index is -0.910. The monoisotopic (exact) mass is 309 g/mol. The topological polar surface area (TPSA) is 64.9 Å². The van der Waals surface area contributed by atoms with Crippen molar-refractivity contribution in [1.82, 2.24) is 5.32 Å². The van der Waals surface area contributed by atoms with Crippen LogP contribution in [0, 0.1) is 23.1 Å². The molecule has 1 amide bonds. The number of anilines is 1. The molecular weight excluding hydrogens is 289 g/mol. The first-order valence-corrected chi connectivity index (χ1v) is 7.84. The number of carbonyl (C=O) groups is 1. The van der Waals surface area contributed by atoms with Crippen molar-refractivity contribution in [2.75, 3.05) is 18.1 Å². The number of carbonyl (C=O) groups excluding carboxylic acids is 1. The Morgan fingerprint density at radius 2 is 2.19 bits per heavy atom. The van der Waals surface area contributed by atoms with E-state index >= 15 is 0 Å². The lowest BCUT2D eigenvalue weighted by atomic mass is 9.90. The summed E-state index contributed by atoms with van der Waals surface area (Å²) in [6.45, 7) is 5.41. The zero-order chi connectivity index (χ0) is 16.0. The molecule has 21 heavy (non-hydrogen) atoms. The maximum absolute atomic E-state index is 13.6. The van der Waals surface area contributed by atoms with Gasteiger partial charge in [-0.2, -0.15) is 5.26 Å². The van der Waals surface area contributed by atoms with Gasteiger partial charge in [-0.1, -0.05) is 13.8 Å². The molecule has 1 unspecified atom stereocenters. The molecule has 1 rings (SSSR count). The highest BCUT2D eigenvalue weighted by atomic mass is 32.2. The van der Waals surface area contributed by atoms with Crippen molar-refractivity contribution in [1.29, 1.82) is 5.26 Å². The molecule has 0 aliphatic carbocycles. The number of halogens is 1. The maximum Gasteiger partial charge on any atom is 0.240 e. The molecule has 0 aromatic heterocycles. The van der Waals surface area contributed by atoms with E-state index in [1.807, 2.05) is 13.8 Å². The second-order valence-electron chi connectivity index (χ2n) is 5.22. The van der Waals surface area contributed by atoms with Crippen LogP contribution in [0.5, 0.6) is 0 Å². The van der Waals surface area contributed by atoms with Gasteiger partial charge in [0, 0.05) is 10.6 Å². The van der Waals surface area contributed by atoms with Crippen LogP contribution in [0.1, 0.15) is 20.8 Å². The van der Waals surface area contributed by atoms with Crippen molar-refractivity contribution in [2.45, 2.75) is 31.2 Å². The van der Waals surface area contributed by atoms with Crippen LogP contribution >= 0.6 is 11.8 Å². The van der Waals surface area contributed by atoms with Crippen LogP contribution in [-0.2, 0) is 4.79 Å². The Kier molecular flexibility index (Phi) is 6.03. The van der Waals surface area contributed by atoms with Crippen LogP contribution in [0.2, 0.25) is 0 Å². The van der Waals surface area contributed by atoms with E-state index in [-0.39, 0.29) is 24.2 Å². The highest BCUT2D eigenvalue weighted by Crippen LogP contribution is 2.22. The maximum atomic E-state index is 13.6. The lowest BCUT2D eigenvalue weighted by Gasteiger charge is -2.27. The minimum absolute atomic E-state index is 0.00948. The summed E-state index contributed by atoms with van der Waals surface area (Å²) in [5.74, 6) is -0.635. The molecule has 4 nitrogen and oxygen atoms in total. The predicted octanol–water partition coefficient (Wildman–Crippen LogP) is 3.01. The SMILES string of the molecule is CSc1ccc(NCC(=O)NC(C)(C#N)C(C)C)cc1F. The minimum Gasteiger partial charge on any atom is -0.376 e. The van der Waals surface area contributed by atoms with Crippen LogP contribution in [-0.4, -0.2) is 24.2 Å². The molecule has 1 aromatic rings. The van der Waals surface area contributed by atoms with Gasteiger partial charge < -0.3 is 10.6 Å². The van der Waals surface area contributed by atoms with E-state index in [4.69, 9.17) is 5.26 Å². The number of nitrogens with zero attached hydrogens (tertiary/aromatic N) is 1.